The normalized spacial score (nSPS) is 31.1. The monoisotopic (exact) mass is 166 g/mol. The van der Waals surface area contributed by atoms with Gasteiger partial charge in [-0.1, -0.05) is 11.6 Å². The summed E-state index contributed by atoms with van der Waals surface area (Å²) in [4.78, 5) is 2.56. The van der Waals surface area contributed by atoms with Gasteiger partial charge in [0.05, 0.1) is 0 Å². The fourth-order valence-corrected chi connectivity index (χ4v) is 1.96. The van der Waals surface area contributed by atoms with Gasteiger partial charge in [0.1, 0.15) is 0 Å². The first-order valence-corrected chi connectivity index (χ1v) is 4.96. The molecule has 0 radical (unpaired) electrons. The van der Waals surface area contributed by atoms with E-state index in [4.69, 9.17) is 0 Å². The van der Waals surface area contributed by atoms with Crippen molar-refractivity contribution in [1.29, 1.82) is 0 Å². The molecule has 12 heavy (non-hydrogen) atoms. The third-order valence-electron chi connectivity index (χ3n) is 2.82. The Bertz CT molecular complexity index is 182. The summed E-state index contributed by atoms with van der Waals surface area (Å²) in [6.07, 6.45) is 4.99. The third kappa shape index (κ3) is 1.87. The average molecular weight is 166 g/mol. The molecule has 2 rings (SSSR count). The van der Waals surface area contributed by atoms with Crippen LogP contribution in [0.25, 0.3) is 0 Å². The standard InChI is InChI=1S/C10H18N2/c1-9-3-2-6-12(7-9)8-10-4-5-11-10/h3,10-11H,2,4-8H2,1H3. The van der Waals surface area contributed by atoms with Crippen LogP contribution < -0.4 is 5.32 Å². The molecule has 0 aromatic rings. The maximum absolute atomic E-state index is 3.45. The van der Waals surface area contributed by atoms with Gasteiger partial charge in [-0.3, -0.25) is 4.90 Å². The Labute approximate surface area is 74.6 Å². The van der Waals surface area contributed by atoms with E-state index in [1.165, 1.54) is 39.0 Å². The first-order valence-electron chi connectivity index (χ1n) is 4.96. The van der Waals surface area contributed by atoms with E-state index in [2.05, 4.69) is 23.2 Å². The summed E-state index contributed by atoms with van der Waals surface area (Å²) < 4.78 is 0. The molecule has 1 atom stereocenters. The third-order valence-corrected chi connectivity index (χ3v) is 2.82. The average Bonchev–Trinajstić information content (AvgIpc) is 1.97. The highest BCUT2D eigenvalue weighted by Gasteiger charge is 2.20. The van der Waals surface area contributed by atoms with Crippen molar-refractivity contribution in [2.24, 2.45) is 0 Å². The van der Waals surface area contributed by atoms with Crippen molar-refractivity contribution in [3.63, 3.8) is 0 Å². The number of hydrogen-bond acceptors (Lipinski definition) is 2. The predicted octanol–water partition coefficient (Wildman–Crippen LogP) is 1.00. The van der Waals surface area contributed by atoms with Gasteiger partial charge in [-0.15, -0.1) is 0 Å². The van der Waals surface area contributed by atoms with Crippen molar-refractivity contribution in [3.05, 3.63) is 11.6 Å². The summed E-state index contributed by atoms with van der Waals surface area (Å²) >= 11 is 0. The van der Waals surface area contributed by atoms with Gasteiger partial charge in [0, 0.05) is 25.7 Å². The van der Waals surface area contributed by atoms with Gasteiger partial charge >= 0.3 is 0 Å². The van der Waals surface area contributed by atoms with E-state index in [1.807, 2.05) is 0 Å². The number of nitrogens with zero attached hydrogens (tertiary/aromatic N) is 1. The summed E-state index contributed by atoms with van der Waals surface area (Å²) in [6, 6.07) is 0.788. The highest BCUT2D eigenvalue weighted by molar-refractivity contribution is 5.05. The highest BCUT2D eigenvalue weighted by atomic mass is 15.2. The van der Waals surface area contributed by atoms with Gasteiger partial charge in [0.15, 0.2) is 0 Å². The molecular weight excluding hydrogens is 148 g/mol. The van der Waals surface area contributed by atoms with Gasteiger partial charge in [-0.2, -0.15) is 0 Å². The minimum absolute atomic E-state index is 0.788. The van der Waals surface area contributed by atoms with Crippen LogP contribution in [-0.2, 0) is 0 Å². The summed E-state index contributed by atoms with van der Waals surface area (Å²) in [7, 11) is 0. The van der Waals surface area contributed by atoms with Crippen LogP contribution in [0.4, 0.5) is 0 Å². The molecule has 68 valence electrons. The largest absolute Gasteiger partial charge is 0.313 e. The Balaban J connectivity index is 1.77. The molecule has 1 unspecified atom stereocenters. The summed E-state index contributed by atoms with van der Waals surface area (Å²) in [5.41, 5.74) is 1.54. The van der Waals surface area contributed by atoms with E-state index in [0.717, 1.165) is 6.04 Å². The zero-order chi connectivity index (χ0) is 8.39. The summed E-state index contributed by atoms with van der Waals surface area (Å²) in [5.74, 6) is 0. The number of nitrogens with one attached hydrogen (secondary N) is 1. The lowest BCUT2D eigenvalue weighted by Crippen LogP contribution is -2.51. The Hall–Kier alpha value is -0.340. The van der Waals surface area contributed by atoms with E-state index in [9.17, 15) is 0 Å². The molecule has 0 spiro atoms. The quantitative estimate of drug-likeness (QED) is 0.616. The van der Waals surface area contributed by atoms with Crippen molar-refractivity contribution < 1.29 is 0 Å². The molecule has 2 aliphatic rings. The molecule has 2 aliphatic heterocycles. The maximum atomic E-state index is 3.45. The second-order valence-electron chi connectivity index (χ2n) is 4.01. The topological polar surface area (TPSA) is 15.3 Å². The lowest BCUT2D eigenvalue weighted by atomic mass is 10.0. The van der Waals surface area contributed by atoms with Gasteiger partial charge in [0.2, 0.25) is 0 Å². The molecule has 2 nitrogen and oxygen atoms in total. The van der Waals surface area contributed by atoms with E-state index < -0.39 is 0 Å². The van der Waals surface area contributed by atoms with Crippen LogP contribution in [0, 0.1) is 0 Å². The molecule has 0 aromatic heterocycles. The minimum Gasteiger partial charge on any atom is -0.313 e. The molecule has 1 fully saturated rings. The molecule has 2 heterocycles. The Morgan fingerprint density at radius 3 is 3.08 bits per heavy atom. The van der Waals surface area contributed by atoms with E-state index in [0.29, 0.717) is 0 Å². The van der Waals surface area contributed by atoms with Crippen molar-refractivity contribution in [3.8, 4) is 0 Å². The van der Waals surface area contributed by atoms with Gasteiger partial charge in [-0.05, 0) is 26.3 Å². The highest BCUT2D eigenvalue weighted by Crippen LogP contribution is 2.11. The summed E-state index contributed by atoms with van der Waals surface area (Å²) in [5, 5.41) is 3.45. The Morgan fingerprint density at radius 1 is 1.67 bits per heavy atom. The molecule has 0 aromatic carbocycles. The Kier molecular flexibility index (Phi) is 2.47. The lowest BCUT2D eigenvalue weighted by Gasteiger charge is -2.35. The van der Waals surface area contributed by atoms with Crippen LogP contribution >= 0.6 is 0 Å². The van der Waals surface area contributed by atoms with E-state index >= 15 is 0 Å². The van der Waals surface area contributed by atoms with Crippen LogP contribution in [0.3, 0.4) is 0 Å². The summed E-state index contributed by atoms with van der Waals surface area (Å²) in [6.45, 7) is 7.17. The van der Waals surface area contributed by atoms with E-state index in [1.54, 1.807) is 5.57 Å². The first kappa shape index (κ1) is 8.27. The zero-order valence-corrected chi connectivity index (χ0v) is 7.84. The lowest BCUT2D eigenvalue weighted by molar-refractivity contribution is 0.217. The molecular formula is C10H18N2. The molecule has 0 saturated carbocycles. The smallest absolute Gasteiger partial charge is 0.0207 e. The molecule has 1 saturated heterocycles. The predicted molar refractivity (Wildman–Crippen MR) is 51.2 cm³/mol. The van der Waals surface area contributed by atoms with Crippen molar-refractivity contribution in [1.82, 2.24) is 10.2 Å². The number of hydrogen-bond donors (Lipinski definition) is 1. The molecule has 2 heteroatoms. The van der Waals surface area contributed by atoms with Crippen molar-refractivity contribution >= 4 is 0 Å². The Morgan fingerprint density at radius 2 is 2.50 bits per heavy atom. The van der Waals surface area contributed by atoms with Crippen LogP contribution in [-0.4, -0.2) is 37.1 Å². The second-order valence-corrected chi connectivity index (χ2v) is 4.01. The fraction of sp³-hybridized carbons (Fsp3) is 0.800. The molecule has 0 amide bonds. The molecule has 0 aliphatic carbocycles. The van der Waals surface area contributed by atoms with Gasteiger partial charge in [0.25, 0.3) is 0 Å². The van der Waals surface area contributed by atoms with Gasteiger partial charge < -0.3 is 5.32 Å². The van der Waals surface area contributed by atoms with Crippen LogP contribution in [0.5, 0.6) is 0 Å². The molecule has 0 bridgehead atoms. The van der Waals surface area contributed by atoms with Crippen molar-refractivity contribution in [2.45, 2.75) is 25.8 Å². The minimum atomic E-state index is 0.788. The van der Waals surface area contributed by atoms with Gasteiger partial charge in [-0.25, -0.2) is 0 Å². The van der Waals surface area contributed by atoms with Crippen LogP contribution in [0.2, 0.25) is 0 Å². The SMILES string of the molecule is CC1=CCCN(CC2CCN2)C1. The fourth-order valence-electron chi connectivity index (χ4n) is 1.96. The second kappa shape index (κ2) is 3.58. The number of rotatable bonds is 2. The van der Waals surface area contributed by atoms with Crippen LogP contribution in [0.15, 0.2) is 11.6 Å². The molecule has 1 N–H and O–H groups in total. The van der Waals surface area contributed by atoms with Crippen molar-refractivity contribution in [2.75, 3.05) is 26.2 Å². The maximum Gasteiger partial charge on any atom is 0.0207 e. The first-order chi connectivity index (χ1) is 5.84. The van der Waals surface area contributed by atoms with E-state index in [-0.39, 0.29) is 0 Å². The zero-order valence-electron chi connectivity index (χ0n) is 7.84. The van der Waals surface area contributed by atoms with Crippen LogP contribution in [0.1, 0.15) is 19.8 Å².